The van der Waals surface area contributed by atoms with Crippen LogP contribution in [0.2, 0.25) is 0 Å². The van der Waals surface area contributed by atoms with Gasteiger partial charge in [-0.05, 0) is 29.8 Å². The molecule has 0 aliphatic rings. The molecule has 2 rings (SSSR count). The number of ether oxygens (including phenoxy) is 1. The second kappa shape index (κ2) is 5.65. The Morgan fingerprint density at radius 2 is 1.53 bits per heavy atom. The molecule has 0 N–H and O–H groups in total. The molecule has 19 heavy (non-hydrogen) atoms. The lowest BCUT2D eigenvalue weighted by Gasteiger charge is -2.15. The van der Waals surface area contributed by atoms with Gasteiger partial charge < -0.3 is 4.74 Å². The first kappa shape index (κ1) is 13.9. The highest BCUT2D eigenvalue weighted by atomic mass is 79.9. The Bertz CT molecular complexity index is 540. The van der Waals surface area contributed by atoms with Gasteiger partial charge in [0.15, 0.2) is 0 Å². The molecule has 0 saturated carbocycles. The van der Waals surface area contributed by atoms with Crippen LogP contribution in [0.25, 0.3) is 0 Å². The summed E-state index contributed by atoms with van der Waals surface area (Å²) in [6, 6.07) is 14.8. The van der Waals surface area contributed by atoms with Crippen LogP contribution in [0.3, 0.4) is 0 Å². The number of para-hydroxylation sites is 1. The zero-order chi connectivity index (χ0) is 13.9. The van der Waals surface area contributed by atoms with Crippen LogP contribution in [-0.4, -0.2) is 6.18 Å². The normalized spacial score (nSPS) is 13.1. The summed E-state index contributed by atoms with van der Waals surface area (Å²) in [4.78, 5) is -1.70. The fourth-order valence-corrected chi connectivity index (χ4v) is 1.83. The minimum atomic E-state index is -4.33. The van der Waals surface area contributed by atoms with Crippen LogP contribution in [0, 0.1) is 0 Å². The van der Waals surface area contributed by atoms with Crippen molar-refractivity contribution >= 4 is 15.9 Å². The van der Waals surface area contributed by atoms with Crippen molar-refractivity contribution in [1.29, 1.82) is 0 Å². The quantitative estimate of drug-likeness (QED) is 0.677. The molecule has 5 heteroatoms. The molecular weight excluding hydrogens is 321 g/mol. The van der Waals surface area contributed by atoms with E-state index in [9.17, 15) is 13.2 Å². The first-order valence-corrected chi connectivity index (χ1v) is 6.42. The van der Waals surface area contributed by atoms with E-state index < -0.39 is 11.0 Å². The third-order valence-corrected chi connectivity index (χ3v) is 3.46. The van der Waals surface area contributed by atoms with Crippen molar-refractivity contribution in [2.45, 2.75) is 11.0 Å². The monoisotopic (exact) mass is 330 g/mol. The Kier molecular flexibility index (Phi) is 4.14. The standard InChI is InChI=1S/C14H10BrF3O/c15-13(14(16,17)18)10-5-4-8-12(9-10)19-11-6-2-1-3-7-11/h1-9,13H. The predicted molar refractivity (Wildman–Crippen MR) is 70.7 cm³/mol. The van der Waals surface area contributed by atoms with Crippen molar-refractivity contribution in [3.8, 4) is 11.5 Å². The van der Waals surface area contributed by atoms with Gasteiger partial charge in [0.05, 0.1) is 0 Å². The second-order valence-corrected chi connectivity index (χ2v) is 4.81. The van der Waals surface area contributed by atoms with Gasteiger partial charge in [0.25, 0.3) is 0 Å². The topological polar surface area (TPSA) is 9.23 Å². The Morgan fingerprint density at radius 1 is 0.895 bits per heavy atom. The highest BCUT2D eigenvalue weighted by Crippen LogP contribution is 2.40. The average Bonchev–Trinajstić information content (AvgIpc) is 2.38. The number of hydrogen-bond donors (Lipinski definition) is 0. The molecule has 100 valence electrons. The van der Waals surface area contributed by atoms with Gasteiger partial charge in [0, 0.05) is 0 Å². The van der Waals surface area contributed by atoms with E-state index in [4.69, 9.17) is 4.74 Å². The lowest BCUT2D eigenvalue weighted by atomic mass is 10.1. The zero-order valence-corrected chi connectivity index (χ0v) is 11.3. The molecule has 0 amide bonds. The van der Waals surface area contributed by atoms with Crippen LogP contribution >= 0.6 is 15.9 Å². The van der Waals surface area contributed by atoms with E-state index in [0.29, 0.717) is 11.5 Å². The average molecular weight is 331 g/mol. The van der Waals surface area contributed by atoms with Gasteiger partial charge in [0.2, 0.25) is 0 Å². The molecule has 1 unspecified atom stereocenters. The van der Waals surface area contributed by atoms with E-state index in [1.807, 2.05) is 6.07 Å². The number of rotatable bonds is 3. The maximum absolute atomic E-state index is 12.6. The maximum atomic E-state index is 12.6. The molecule has 0 heterocycles. The number of hydrogen-bond acceptors (Lipinski definition) is 1. The van der Waals surface area contributed by atoms with Crippen molar-refractivity contribution in [2.75, 3.05) is 0 Å². The lowest BCUT2D eigenvalue weighted by Crippen LogP contribution is -2.15. The minimum absolute atomic E-state index is 0.112. The van der Waals surface area contributed by atoms with Crippen LogP contribution in [0.1, 0.15) is 10.4 Å². The summed E-state index contributed by atoms with van der Waals surface area (Å²) in [5.74, 6) is 0.954. The summed E-state index contributed by atoms with van der Waals surface area (Å²) in [7, 11) is 0. The number of halogens is 4. The van der Waals surface area contributed by atoms with E-state index in [0.717, 1.165) is 0 Å². The Labute approximate surface area is 117 Å². The van der Waals surface area contributed by atoms with Gasteiger partial charge >= 0.3 is 6.18 Å². The fourth-order valence-electron chi connectivity index (χ4n) is 1.55. The minimum Gasteiger partial charge on any atom is -0.457 e. The highest BCUT2D eigenvalue weighted by molar-refractivity contribution is 9.09. The maximum Gasteiger partial charge on any atom is 0.405 e. The molecule has 2 aromatic carbocycles. The van der Waals surface area contributed by atoms with Gasteiger partial charge in [0.1, 0.15) is 16.3 Å². The van der Waals surface area contributed by atoms with Crippen molar-refractivity contribution in [3.05, 3.63) is 60.2 Å². The third-order valence-electron chi connectivity index (χ3n) is 2.42. The Hall–Kier alpha value is -1.49. The first-order valence-electron chi connectivity index (χ1n) is 5.50. The fraction of sp³-hybridized carbons (Fsp3) is 0.143. The van der Waals surface area contributed by atoms with Crippen molar-refractivity contribution in [1.82, 2.24) is 0 Å². The van der Waals surface area contributed by atoms with Gasteiger partial charge in [-0.15, -0.1) is 0 Å². The van der Waals surface area contributed by atoms with Crippen molar-refractivity contribution in [2.24, 2.45) is 0 Å². The lowest BCUT2D eigenvalue weighted by molar-refractivity contribution is -0.128. The van der Waals surface area contributed by atoms with E-state index in [1.54, 1.807) is 30.3 Å². The predicted octanol–water partition coefficient (Wildman–Crippen LogP) is 5.48. The van der Waals surface area contributed by atoms with Gasteiger partial charge in [-0.25, -0.2) is 0 Å². The number of alkyl halides is 4. The van der Waals surface area contributed by atoms with Crippen LogP contribution in [0.15, 0.2) is 54.6 Å². The Morgan fingerprint density at radius 3 is 2.16 bits per heavy atom. The third kappa shape index (κ3) is 3.73. The molecule has 0 saturated heterocycles. The van der Waals surface area contributed by atoms with E-state index in [-0.39, 0.29) is 5.56 Å². The van der Waals surface area contributed by atoms with Gasteiger partial charge in [-0.2, -0.15) is 13.2 Å². The molecule has 0 aliphatic carbocycles. The second-order valence-electron chi connectivity index (χ2n) is 3.89. The highest BCUT2D eigenvalue weighted by Gasteiger charge is 2.38. The molecule has 0 aromatic heterocycles. The van der Waals surface area contributed by atoms with Gasteiger partial charge in [-0.3, -0.25) is 0 Å². The SMILES string of the molecule is FC(F)(F)C(Br)c1cccc(Oc2ccccc2)c1. The zero-order valence-electron chi connectivity index (χ0n) is 9.69. The van der Waals surface area contributed by atoms with Crippen LogP contribution < -0.4 is 4.74 Å². The first-order chi connectivity index (χ1) is 8.97. The van der Waals surface area contributed by atoms with E-state index in [2.05, 4.69) is 15.9 Å². The molecular formula is C14H10BrF3O. The van der Waals surface area contributed by atoms with E-state index in [1.165, 1.54) is 18.2 Å². The summed E-state index contributed by atoms with van der Waals surface area (Å²) in [6.45, 7) is 0. The summed E-state index contributed by atoms with van der Waals surface area (Å²) < 4.78 is 43.3. The van der Waals surface area contributed by atoms with Crippen molar-refractivity contribution < 1.29 is 17.9 Å². The largest absolute Gasteiger partial charge is 0.457 e. The molecule has 0 aliphatic heterocycles. The summed E-state index contributed by atoms with van der Waals surface area (Å²) >= 11 is 2.65. The van der Waals surface area contributed by atoms with Crippen molar-refractivity contribution in [3.63, 3.8) is 0 Å². The van der Waals surface area contributed by atoms with Crippen LogP contribution in [-0.2, 0) is 0 Å². The summed E-state index contributed by atoms with van der Waals surface area (Å²) in [5, 5.41) is 0. The number of benzene rings is 2. The molecule has 0 fully saturated rings. The molecule has 0 radical (unpaired) electrons. The Balaban J connectivity index is 2.20. The molecule has 0 bridgehead atoms. The molecule has 0 spiro atoms. The van der Waals surface area contributed by atoms with E-state index >= 15 is 0 Å². The molecule has 2 aromatic rings. The van der Waals surface area contributed by atoms with Crippen LogP contribution in [0.5, 0.6) is 11.5 Å². The smallest absolute Gasteiger partial charge is 0.405 e. The molecule has 1 nitrogen and oxygen atoms in total. The molecule has 1 atom stereocenters. The summed E-state index contributed by atoms with van der Waals surface area (Å²) in [6.07, 6.45) is -4.33. The van der Waals surface area contributed by atoms with Gasteiger partial charge in [-0.1, -0.05) is 46.3 Å². The summed E-state index contributed by atoms with van der Waals surface area (Å²) in [5.41, 5.74) is 0.112. The van der Waals surface area contributed by atoms with Crippen LogP contribution in [0.4, 0.5) is 13.2 Å².